The Morgan fingerprint density at radius 1 is 1.17 bits per heavy atom. The van der Waals surface area contributed by atoms with Crippen LogP contribution >= 0.6 is 0 Å². The standard InChI is InChI=1S/C23H27FN2O3/c1-28-21-9-5-2-6-17(21)20(26-12-14-29-15-13-26)16-25-22(27)23(10-11-23)18-7-3-4-8-19(18)24/h2-9,20H,10-16H2,1H3,(H,25,27). The lowest BCUT2D eigenvalue weighted by Crippen LogP contribution is -2.45. The first-order valence-corrected chi connectivity index (χ1v) is 10.1. The molecule has 1 saturated heterocycles. The third-order valence-corrected chi connectivity index (χ3v) is 6.01. The van der Waals surface area contributed by atoms with Gasteiger partial charge >= 0.3 is 0 Å². The minimum absolute atomic E-state index is 0.0320. The zero-order chi connectivity index (χ0) is 20.3. The molecule has 2 fully saturated rings. The number of ether oxygens (including phenoxy) is 2. The van der Waals surface area contributed by atoms with E-state index in [4.69, 9.17) is 9.47 Å². The number of amides is 1. The quantitative estimate of drug-likeness (QED) is 0.779. The van der Waals surface area contributed by atoms with Gasteiger partial charge in [0.15, 0.2) is 0 Å². The van der Waals surface area contributed by atoms with Crippen LogP contribution in [0.2, 0.25) is 0 Å². The average molecular weight is 398 g/mol. The number of halogens is 1. The summed E-state index contributed by atoms with van der Waals surface area (Å²) < 4.78 is 25.4. The number of para-hydroxylation sites is 1. The van der Waals surface area contributed by atoms with E-state index >= 15 is 0 Å². The summed E-state index contributed by atoms with van der Waals surface area (Å²) >= 11 is 0. The van der Waals surface area contributed by atoms with Crippen LogP contribution in [0.3, 0.4) is 0 Å². The Hall–Kier alpha value is -2.44. The molecule has 1 aliphatic heterocycles. The smallest absolute Gasteiger partial charge is 0.230 e. The number of hydrogen-bond donors (Lipinski definition) is 1. The van der Waals surface area contributed by atoms with Gasteiger partial charge in [0.1, 0.15) is 11.6 Å². The maximum atomic E-state index is 14.3. The van der Waals surface area contributed by atoms with Gasteiger partial charge in [0.05, 0.1) is 31.8 Å². The summed E-state index contributed by atoms with van der Waals surface area (Å²) in [6.45, 7) is 3.35. The molecule has 1 amide bonds. The number of rotatable bonds is 7. The Morgan fingerprint density at radius 2 is 1.86 bits per heavy atom. The first kappa shape index (κ1) is 19.9. The summed E-state index contributed by atoms with van der Waals surface area (Å²) in [5.74, 6) is 0.388. The molecule has 6 heteroatoms. The predicted octanol–water partition coefficient (Wildman–Crippen LogP) is 3.06. The Morgan fingerprint density at radius 3 is 2.55 bits per heavy atom. The van der Waals surface area contributed by atoms with Crippen LogP contribution in [0.4, 0.5) is 4.39 Å². The Bertz CT molecular complexity index is 863. The van der Waals surface area contributed by atoms with Crippen LogP contribution in [0.1, 0.15) is 30.0 Å². The molecule has 2 aromatic carbocycles. The second-order valence-electron chi connectivity index (χ2n) is 7.68. The van der Waals surface area contributed by atoms with Crippen LogP contribution in [0.5, 0.6) is 5.75 Å². The molecule has 4 rings (SSSR count). The molecule has 2 aromatic rings. The van der Waals surface area contributed by atoms with Crippen molar-refractivity contribution in [2.75, 3.05) is 40.0 Å². The fraction of sp³-hybridized carbons (Fsp3) is 0.435. The maximum absolute atomic E-state index is 14.3. The Labute approximate surface area is 170 Å². The molecule has 29 heavy (non-hydrogen) atoms. The molecule has 1 atom stereocenters. The molecule has 0 aromatic heterocycles. The highest BCUT2D eigenvalue weighted by Gasteiger charge is 2.52. The highest BCUT2D eigenvalue weighted by molar-refractivity contribution is 5.91. The average Bonchev–Trinajstić information content (AvgIpc) is 3.57. The van der Waals surface area contributed by atoms with Gasteiger partial charge in [-0.1, -0.05) is 36.4 Å². The van der Waals surface area contributed by atoms with Crippen LogP contribution in [-0.4, -0.2) is 50.8 Å². The van der Waals surface area contributed by atoms with Crippen molar-refractivity contribution in [3.8, 4) is 5.75 Å². The van der Waals surface area contributed by atoms with Gasteiger partial charge < -0.3 is 14.8 Å². The minimum Gasteiger partial charge on any atom is -0.496 e. The second-order valence-corrected chi connectivity index (χ2v) is 7.68. The number of nitrogens with one attached hydrogen (secondary N) is 1. The molecule has 154 valence electrons. The SMILES string of the molecule is COc1ccccc1C(CNC(=O)C1(c2ccccc2F)CC1)N1CCOCC1. The molecule has 0 radical (unpaired) electrons. The molecular weight excluding hydrogens is 371 g/mol. The van der Waals surface area contributed by atoms with Gasteiger partial charge in [0, 0.05) is 30.8 Å². The number of morpholine rings is 1. The van der Waals surface area contributed by atoms with E-state index in [-0.39, 0.29) is 17.8 Å². The van der Waals surface area contributed by atoms with Gasteiger partial charge in [-0.3, -0.25) is 9.69 Å². The molecule has 5 nitrogen and oxygen atoms in total. The van der Waals surface area contributed by atoms with Crippen molar-refractivity contribution in [3.63, 3.8) is 0 Å². The van der Waals surface area contributed by atoms with Gasteiger partial charge in [0.25, 0.3) is 0 Å². The van der Waals surface area contributed by atoms with E-state index in [9.17, 15) is 9.18 Å². The molecule has 0 spiro atoms. The summed E-state index contributed by atoms with van der Waals surface area (Å²) in [5.41, 5.74) is 0.799. The third kappa shape index (κ3) is 4.00. The number of benzene rings is 2. The highest BCUT2D eigenvalue weighted by atomic mass is 19.1. The second kappa shape index (κ2) is 8.51. The van der Waals surface area contributed by atoms with E-state index in [0.29, 0.717) is 38.2 Å². The van der Waals surface area contributed by atoms with Gasteiger partial charge in [0.2, 0.25) is 5.91 Å². The first-order chi connectivity index (χ1) is 14.2. The van der Waals surface area contributed by atoms with Crippen molar-refractivity contribution in [2.45, 2.75) is 24.3 Å². The normalized spacial score (nSPS) is 19.4. The summed E-state index contributed by atoms with van der Waals surface area (Å²) in [4.78, 5) is 15.4. The van der Waals surface area contributed by atoms with E-state index in [1.54, 1.807) is 25.3 Å². The van der Waals surface area contributed by atoms with E-state index in [0.717, 1.165) is 24.4 Å². The molecule has 1 unspecified atom stereocenters. The van der Waals surface area contributed by atoms with Crippen LogP contribution in [0, 0.1) is 5.82 Å². The Balaban J connectivity index is 1.54. The van der Waals surface area contributed by atoms with Crippen molar-refractivity contribution < 1.29 is 18.7 Å². The summed E-state index contributed by atoms with van der Waals surface area (Å²) in [5, 5.41) is 3.11. The lowest BCUT2D eigenvalue weighted by molar-refractivity contribution is -0.124. The first-order valence-electron chi connectivity index (χ1n) is 10.1. The van der Waals surface area contributed by atoms with Crippen molar-refractivity contribution >= 4 is 5.91 Å². The molecule has 1 saturated carbocycles. The number of carbonyl (C=O) groups is 1. The van der Waals surface area contributed by atoms with Crippen molar-refractivity contribution in [1.82, 2.24) is 10.2 Å². The van der Waals surface area contributed by atoms with Gasteiger partial charge in [-0.15, -0.1) is 0 Å². The summed E-state index contributed by atoms with van der Waals surface area (Å²) in [6.07, 6.45) is 1.35. The number of hydrogen-bond acceptors (Lipinski definition) is 4. The van der Waals surface area contributed by atoms with Crippen molar-refractivity contribution in [3.05, 3.63) is 65.5 Å². The molecular formula is C23H27FN2O3. The highest BCUT2D eigenvalue weighted by Crippen LogP contribution is 2.49. The van der Waals surface area contributed by atoms with Crippen molar-refractivity contribution in [2.24, 2.45) is 0 Å². The molecule has 0 bridgehead atoms. The molecule has 1 heterocycles. The third-order valence-electron chi connectivity index (χ3n) is 6.01. The summed E-state index contributed by atoms with van der Waals surface area (Å²) in [6, 6.07) is 14.5. The zero-order valence-corrected chi connectivity index (χ0v) is 16.7. The van der Waals surface area contributed by atoms with Gasteiger partial charge in [-0.25, -0.2) is 4.39 Å². The largest absolute Gasteiger partial charge is 0.496 e. The van der Waals surface area contributed by atoms with E-state index in [2.05, 4.69) is 10.2 Å². The van der Waals surface area contributed by atoms with E-state index < -0.39 is 5.41 Å². The van der Waals surface area contributed by atoms with Gasteiger partial charge in [-0.2, -0.15) is 0 Å². The zero-order valence-electron chi connectivity index (χ0n) is 16.7. The predicted molar refractivity (Wildman–Crippen MR) is 108 cm³/mol. The van der Waals surface area contributed by atoms with Crippen LogP contribution in [-0.2, 0) is 14.9 Å². The van der Waals surface area contributed by atoms with Gasteiger partial charge in [-0.05, 0) is 25.0 Å². The van der Waals surface area contributed by atoms with E-state index in [1.807, 2.05) is 24.3 Å². The minimum atomic E-state index is -0.734. The lowest BCUT2D eigenvalue weighted by atomic mass is 9.94. The van der Waals surface area contributed by atoms with Crippen LogP contribution in [0.15, 0.2) is 48.5 Å². The fourth-order valence-corrected chi connectivity index (χ4v) is 4.22. The Kier molecular flexibility index (Phi) is 5.83. The van der Waals surface area contributed by atoms with Crippen LogP contribution in [0.25, 0.3) is 0 Å². The molecule has 2 aliphatic rings. The lowest BCUT2D eigenvalue weighted by Gasteiger charge is -2.35. The maximum Gasteiger partial charge on any atom is 0.230 e. The van der Waals surface area contributed by atoms with E-state index in [1.165, 1.54) is 6.07 Å². The van der Waals surface area contributed by atoms with Crippen LogP contribution < -0.4 is 10.1 Å². The number of carbonyl (C=O) groups excluding carboxylic acids is 1. The monoisotopic (exact) mass is 398 g/mol. The topological polar surface area (TPSA) is 50.8 Å². The molecule has 1 N–H and O–H groups in total. The fourth-order valence-electron chi connectivity index (χ4n) is 4.22. The number of methoxy groups -OCH3 is 1. The summed E-state index contributed by atoms with van der Waals surface area (Å²) in [7, 11) is 1.66. The van der Waals surface area contributed by atoms with Crippen molar-refractivity contribution in [1.29, 1.82) is 0 Å². The molecule has 1 aliphatic carbocycles. The number of nitrogens with zero attached hydrogens (tertiary/aromatic N) is 1.